The Morgan fingerprint density at radius 1 is 1.47 bits per heavy atom. The minimum Gasteiger partial charge on any atom is -0.397 e. The normalized spacial score (nSPS) is 17.3. The molecule has 1 aliphatic heterocycles. The summed E-state index contributed by atoms with van der Waals surface area (Å²) in [7, 11) is 0. The summed E-state index contributed by atoms with van der Waals surface area (Å²) in [5.74, 6) is -0.00387. The van der Waals surface area contributed by atoms with Crippen molar-refractivity contribution >= 4 is 23.0 Å². The van der Waals surface area contributed by atoms with Crippen LogP contribution in [0.5, 0.6) is 0 Å². The number of carbonyl (C=O) groups excluding carboxylic acids is 1. The van der Waals surface area contributed by atoms with Crippen molar-refractivity contribution in [2.24, 2.45) is 0 Å². The summed E-state index contributed by atoms with van der Waals surface area (Å²) < 4.78 is 0. The Hall–Kier alpha value is -1.79. The number of amides is 1. The number of nitrogens with one attached hydrogen (secondary N) is 2. The van der Waals surface area contributed by atoms with Crippen LogP contribution in [-0.4, -0.2) is 34.9 Å². The van der Waals surface area contributed by atoms with Crippen molar-refractivity contribution in [3.05, 3.63) is 17.7 Å². The molecule has 0 saturated heterocycles. The second kappa shape index (κ2) is 5.07. The van der Waals surface area contributed by atoms with Crippen LogP contribution in [0.25, 0.3) is 0 Å². The fourth-order valence-electron chi connectivity index (χ4n) is 1.94. The van der Waals surface area contributed by atoms with E-state index >= 15 is 0 Å². The van der Waals surface area contributed by atoms with E-state index in [1.165, 1.54) is 6.92 Å². The van der Waals surface area contributed by atoms with Crippen LogP contribution in [0.4, 0.5) is 17.1 Å². The lowest BCUT2D eigenvalue weighted by Gasteiger charge is -2.24. The van der Waals surface area contributed by atoms with Crippen molar-refractivity contribution in [2.75, 3.05) is 29.5 Å². The summed E-state index contributed by atoms with van der Waals surface area (Å²) in [6.45, 7) is 1.40. The molecule has 1 unspecified atom stereocenters. The molecule has 1 aromatic carbocycles. The van der Waals surface area contributed by atoms with E-state index in [0.717, 1.165) is 11.3 Å². The molecule has 0 bridgehead atoms. The number of aliphatic hydroxyl groups excluding tert-OH is 1. The summed E-state index contributed by atoms with van der Waals surface area (Å²) in [4.78, 5) is 11.3. The van der Waals surface area contributed by atoms with Crippen molar-refractivity contribution in [1.29, 1.82) is 0 Å². The Morgan fingerprint density at radius 2 is 2.21 bits per heavy atom. The van der Waals surface area contributed by atoms with Gasteiger partial charge in [0.05, 0.1) is 18.0 Å². The van der Waals surface area contributed by atoms with Gasteiger partial charge in [0, 0.05) is 18.7 Å². The lowest BCUT2D eigenvalue weighted by atomic mass is 10.0. The summed E-state index contributed by atoms with van der Waals surface area (Å²) in [6.07, 6.45) is 1.14. The first-order valence-electron chi connectivity index (χ1n) is 6.21. The maximum Gasteiger partial charge on any atom is 0.224 e. The van der Waals surface area contributed by atoms with Gasteiger partial charge in [-0.1, -0.05) is 0 Å². The number of rotatable bonds is 4. The minimum atomic E-state index is -1.20. The molecule has 1 aliphatic rings. The molecule has 6 nitrogen and oxygen atoms in total. The third-order valence-electron chi connectivity index (χ3n) is 3.17. The molecule has 6 N–H and O–H groups in total. The van der Waals surface area contributed by atoms with Gasteiger partial charge in [-0.25, -0.2) is 0 Å². The molecule has 1 amide bonds. The van der Waals surface area contributed by atoms with Crippen LogP contribution in [0.1, 0.15) is 18.9 Å². The number of benzene rings is 1. The molecule has 6 heteroatoms. The van der Waals surface area contributed by atoms with E-state index in [9.17, 15) is 9.90 Å². The Balaban J connectivity index is 2.16. The molecule has 0 fully saturated rings. The van der Waals surface area contributed by atoms with Crippen LogP contribution in [-0.2, 0) is 11.2 Å². The Morgan fingerprint density at radius 3 is 2.89 bits per heavy atom. The van der Waals surface area contributed by atoms with Gasteiger partial charge in [0.25, 0.3) is 0 Å². The molecular weight excluding hydrogens is 246 g/mol. The lowest BCUT2D eigenvalue weighted by molar-refractivity contribution is -0.116. The third kappa shape index (κ3) is 3.15. The van der Waals surface area contributed by atoms with Crippen molar-refractivity contribution in [3.63, 3.8) is 0 Å². The molecule has 1 aromatic rings. The number of carbonyl (C=O) groups is 1. The molecule has 0 spiro atoms. The molecule has 1 heterocycles. The zero-order valence-corrected chi connectivity index (χ0v) is 10.9. The number of nitrogens with two attached hydrogens (primary N) is 1. The van der Waals surface area contributed by atoms with Crippen molar-refractivity contribution in [2.45, 2.75) is 25.4 Å². The zero-order valence-electron chi connectivity index (χ0n) is 10.9. The highest BCUT2D eigenvalue weighted by Crippen LogP contribution is 2.31. The Kier molecular flexibility index (Phi) is 3.64. The van der Waals surface area contributed by atoms with Gasteiger partial charge in [-0.2, -0.15) is 0 Å². The fourth-order valence-corrected chi connectivity index (χ4v) is 1.94. The van der Waals surface area contributed by atoms with Crippen molar-refractivity contribution < 1.29 is 15.0 Å². The van der Waals surface area contributed by atoms with Crippen LogP contribution in [0, 0.1) is 0 Å². The van der Waals surface area contributed by atoms with E-state index in [2.05, 4.69) is 10.6 Å². The number of hydrogen-bond acceptors (Lipinski definition) is 5. The van der Waals surface area contributed by atoms with Crippen LogP contribution in [0.2, 0.25) is 0 Å². The average molecular weight is 265 g/mol. The van der Waals surface area contributed by atoms with Crippen molar-refractivity contribution in [3.8, 4) is 0 Å². The smallest absolute Gasteiger partial charge is 0.224 e. The number of aryl methyl sites for hydroxylation is 1. The average Bonchev–Trinajstić information content (AvgIpc) is 2.36. The Labute approximate surface area is 111 Å². The molecule has 0 radical (unpaired) electrons. The van der Waals surface area contributed by atoms with E-state index in [0.29, 0.717) is 24.2 Å². The SMILES string of the molecule is CC(O)(CO)CNc1cc2c(cc1N)NC(=O)CC2. The second-order valence-corrected chi connectivity index (χ2v) is 5.15. The number of nitrogen functional groups attached to an aromatic ring is 1. The summed E-state index contributed by atoms with van der Waals surface area (Å²) in [5.41, 5.74) is 7.66. The molecule has 0 aliphatic carbocycles. The third-order valence-corrected chi connectivity index (χ3v) is 3.17. The first kappa shape index (κ1) is 13.6. The van der Waals surface area contributed by atoms with E-state index in [1.807, 2.05) is 6.07 Å². The van der Waals surface area contributed by atoms with Gasteiger partial charge < -0.3 is 26.6 Å². The first-order valence-corrected chi connectivity index (χ1v) is 6.21. The predicted octanol–water partition coefficient (Wildman–Crippen LogP) is 0.309. The van der Waals surface area contributed by atoms with Gasteiger partial charge >= 0.3 is 0 Å². The van der Waals surface area contributed by atoms with Gasteiger partial charge in [0.2, 0.25) is 5.91 Å². The summed E-state index contributed by atoms with van der Waals surface area (Å²) in [6, 6.07) is 3.58. The van der Waals surface area contributed by atoms with Crippen LogP contribution >= 0.6 is 0 Å². The summed E-state index contributed by atoms with van der Waals surface area (Å²) >= 11 is 0. The molecular formula is C13H19N3O3. The quantitative estimate of drug-likeness (QED) is 0.504. The van der Waals surface area contributed by atoms with E-state index in [4.69, 9.17) is 10.8 Å². The maximum absolute atomic E-state index is 11.3. The number of hydrogen-bond donors (Lipinski definition) is 5. The standard InChI is InChI=1S/C13H19N3O3/c1-13(19,7-17)6-15-11-4-8-2-3-12(18)16-10(8)5-9(11)14/h4-5,15,17,19H,2-3,6-7,14H2,1H3,(H,16,18). The van der Waals surface area contributed by atoms with Gasteiger partial charge in [0.1, 0.15) is 5.60 Å². The van der Waals surface area contributed by atoms with Gasteiger partial charge in [-0.05, 0) is 31.0 Å². The topological polar surface area (TPSA) is 108 Å². The highest BCUT2D eigenvalue weighted by molar-refractivity contribution is 5.95. The van der Waals surface area contributed by atoms with Crippen LogP contribution in [0.15, 0.2) is 12.1 Å². The van der Waals surface area contributed by atoms with E-state index in [1.54, 1.807) is 6.07 Å². The number of fused-ring (bicyclic) bond motifs is 1. The molecule has 0 aromatic heterocycles. The zero-order chi connectivity index (χ0) is 14.0. The molecule has 0 saturated carbocycles. The van der Waals surface area contributed by atoms with Gasteiger partial charge in [0.15, 0.2) is 0 Å². The summed E-state index contributed by atoms with van der Waals surface area (Å²) in [5, 5.41) is 24.5. The molecule has 19 heavy (non-hydrogen) atoms. The first-order chi connectivity index (χ1) is 8.91. The van der Waals surface area contributed by atoms with E-state index < -0.39 is 5.60 Å². The van der Waals surface area contributed by atoms with E-state index in [-0.39, 0.29) is 19.1 Å². The Bertz CT molecular complexity index is 500. The number of anilines is 3. The highest BCUT2D eigenvalue weighted by Gasteiger charge is 2.20. The molecule has 2 rings (SSSR count). The maximum atomic E-state index is 11.3. The van der Waals surface area contributed by atoms with Gasteiger partial charge in [-0.15, -0.1) is 0 Å². The van der Waals surface area contributed by atoms with Gasteiger partial charge in [-0.3, -0.25) is 4.79 Å². The molecule has 104 valence electrons. The largest absolute Gasteiger partial charge is 0.397 e. The monoisotopic (exact) mass is 265 g/mol. The highest BCUT2D eigenvalue weighted by atomic mass is 16.3. The van der Waals surface area contributed by atoms with Crippen molar-refractivity contribution in [1.82, 2.24) is 0 Å². The number of aliphatic hydroxyl groups is 2. The molecule has 1 atom stereocenters. The van der Waals surface area contributed by atoms with Crippen LogP contribution in [0.3, 0.4) is 0 Å². The second-order valence-electron chi connectivity index (χ2n) is 5.15. The predicted molar refractivity (Wildman–Crippen MR) is 74.0 cm³/mol. The lowest BCUT2D eigenvalue weighted by Crippen LogP contribution is -2.37. The minimum absolute atomic E-state index is 0.00387. The fraction of sp³-hybridized carbons (Fsp3) is 0.462. The van der Waals surface area contributed by atoms with Crippen LogP contribution < -0.4 is 16.4 Å².